The summed E-state index contributed by atoms with van der Waals surface area (Å²) in [5.41, 5.74) is 2.36. The summed E-state index contributed by atoms with van der Waals surface area (Å²) in [4.78, 5) is 13.7. The summed E-state index contributed by atoms with van der Waals surface area (Å²) in [6.45, 7) is 4.64. The summed E-state index contributed by atoms with van der Waals surface area (Å²) < 4.78 is 5.45. The number of hydrogen-bond donors (Lipinski definition) is 1. The molecule has 0 fully saturated rings. The molecule has 0 saturated heterocycles. The molecule has 0 radical (unpaired) electrons. The number of ether oxygens (including phenoxy) is 1. The molecule has 3 rings (SSSR count). The second-order valence-corrected chi connectivity index (χ2v) is 6.90. The second-order valence-electron chi connectivity index (χ2n) is 5.65. The molecule has 3 nitrogen and oxygen atoms in total. The Bertz CT molecular complexity index is 659. The number of nitrogens with one attached hydrogen (secondary N) is 1. The molecule has 0 spiro atoms. The summed E-state index contributed by atoms with van der Waals surface area (Å²) >= 11 is 1.66. The summed E-state index contributed by atoms with van der Waals surface area (Å²) in [6, 6.07) is 16.1. The Kier molecular flexibility index (Phi) is 4.91. The summed E-state index contributed by atoms with van der Waals surface area (Å²) in [6.07, 6.45) is 0.808. The zero-order valence-corrected chi connectivity index (χ0v) is 14.2. The largest absolute Gasteiger partial charge is 0.494 e. The lowest BCUT2D eigenvalue weighted by atomic mass is 10.1. The number of fused-ring (bicyclic) bond motifs is 1. The van der Waals surface area contributed by atoms with Crippen LogP contribution in [0.5, 0.6) is 5.75 Å². The van der Waals surface area contributed by atoms with Crippen molar-refractivity contribution in [1.82, 2.24) is 5.32 Å². The maximum absolute atomic E-state index is 12.5. The van der Waals surface area contributed by atoms with Gasteiger partial charge in [0.25, 0.3) is 0 Å². The minimum Gasteiger partial charge on any atom is -0.494 e. The third-order valence-electron chi connectivity index (χ3n) is 3.99. The van der Waals surface area contributed by atoms with Crippen LogP contribution in [-0.2, 0) is 11.2 Å². The molecular weight excluding hydrogens is 306 g/mol. The summed E-state index contributed by atoms with van der Waals surface area (Å²) in [7, 11) is 0. The van der Waals surface area contributed by atoms with E-state index in [1.54, 1.807) is 11.8 Å². The van der Waals surface area contributed by atoms with Gasteiger partial charge in [-0.25, -0.2) is 0 Å². The molecule has 120 valence electrons. The van der Waals surface area contributed by atoms with Gasteiger partial charge in [-0.05, 0) is 49.6 Å². The van der Waals surface area contributed by atoms with Crippen LogP contribution in [0.15, 0.2) is 53.4 Å². The van der Waals surface area contributed by atoms with Gasteiger partial charge in [-0.15, -0.1) is 11.8 Å². The highest BCUT2D eigenvalue weighted by Crippen LogP contribution is 2.37. The van der Waals surface area contributed by atoms with Gasteiger partial charge >= 0.3 is 0 Å². The summed E-state index contributed by atoms with van der Waals surface area (Å²) in [5, 5.41) is 3.09. The second kappa shape index (κ2) is 7.09. The molecule has 0 aromatic heterocycles. The van der Waals surface area contributed by atoms with Gasteiger partial charge in [0.15, 0.2) is 0 Å². The third kappa shape index (κ3) is 3.70. The van der Waals surface area contributed by atoms with Crippen molar-refractivity contribution in [1.29, 1.82) is 0 Å². The van der Waals surface area contributed by atoms with Crippen LogP contribution in [0.2, 0.25) is 0 Å². The van der Waals surface area contributed by atoms with E-state index in [0.717, 1.165) is 17.7 Å². The van der Waals surface area contributed by atoms with Crippen LogP contribution in [0.4, 0.5) is 0 Å². The van der Waals surface area contributed by atoms with Gasteiger partial charge in [-0.1, -0.05) is 30.3 Å². The molecule has 1 aliphatic heterocycles. The standard InChI is InChI=1S/C19H21NO2S/c1-3-22-16-10-8-14(9-11-16)13(2)20-19(21)18-12-15-6-4-5-7-17(15)23-18/h4-11,13,18H,3,12H2,1-2H3,(H,20,21)/t13-,18-/m0/s1. The van der Waals surface area contributed by atoms with Gasteiger partial charge in [0.05, 0.1) is 17.9 Å². The molecule has 2 aromatic rings. The fraction of sp³-hybridized carbons (Fsp3) is 0.316. The first-order chi connectivity index (χ1) is 11.2. The Morgan fingerprint density at radius 1 is 1.26 bits per heavy atom. The van der Waals surface area contributed by atoms with E-state index in [9.17, 15) is 4.79 Å². The van der Waals surface area contributed by atoms with Crippen molar-refractivity contribution >= 4 is 17.7 Å². The zero-order chi connectivity index (χ0) is 16.2. The van der Waals surface area contributed by atoms with E-state index in [1.807, 2.05) is 50.2 Å². The molecule has 0 aliphatic carbocycles. The summed E-state index contributed by atoms with van der Waals surface area (Å²) in [5.74, 6) is 0.962. The van der Waals surface area contributed by atoms with Gasteiger partial charge in [0.2, 0.25) is 5.91 Å². The van der Waals surface area contributed by atoms with Crippen molar-refractivity contribution in [3.05, 3.63) is 59.7 Å². The number of thioether (sulfide) groups is 1. The third-order valence-corrected chi connectivity index (χ3v) is 5.31. The Labute approximate surface area is 141 Å². The fourth-order valence-corrected chi connectivity index (χ4v) is 3.94. The Morgan fingerprint density at radius 2 is 2.00 bits per heavy atom. The topological polar surface area (TPSA) is 38.3 Å². The van der Waals surface area contributed by atoms with Gasteiger partial charge in [-0.3, -0.25) is 4.79 Å². The van der Waals surface area contributed by atoms with Crippen LogP contribution in [0.3, 0.4) is 0 Å². The van der Waals surface area contributed by atoms with E-state index in [0.29, 0.717) is 6.61 Å². The lowest BCUT2D eigenvalue weighted by Crippen LogP contribution is -2.34. The number of rotatable bonds is 5. The average molecular weight is 327 g/mol. The Hall–Kier alpha value is -1.94. The van der Waals surface area contributed by atoms with Gasteiger partial charge in [0.1, 0.15) is 5.75 Å². The van der Waals surface area contributed by atoms with Crippen LogP contribution >= 0.6 is 11.8 Å². The molecule has 1 aliphatic rings. The first-order valence-corrected chi connectivity index (χ1v) is 8.83. The van der Waals surface area contributed by atoms with Crippen molar-refractivity contribution < 1.29 is 9.53 Å². The molecule has 23 heavy (non-hydrogen) atoms. The molecule has 4 heteroatoms. The smallest absolute Gasteiger partial charge is 0.234 e. The SMILES string of the molecule is CCOc1ccc([C@H](C)NC(=O)[C@@H]2Cc3ccccc3S2)cc1. The highest BCUT2D eigenvalue weighted by molar-refractivity contribution is 8.01. The zero-order valence-electron chi connectivity index (χ0n) is 13.4. The first kappa shape index (κ1) is 15.9. The van der Waals surface area contributed by atoms with Crippen LogP contribution < -0.4 is 10.1 Å². The minimum absolute atomic E-state index is 0.0116. The molecule has 0 saturated carbocycles. The molecule has 0 unspecified atom stereocenters. The number of hydrogen-bond acceptors (Lipinski definition) is 3. The lowest BCUT2D eigenvalue weighted by Gasteiger charge is -2.17. The molecule has 2 atom stereocenters. The van der Waals surface area contributed by atoms with E-state index in [2.05, 4.69) is 17.4 Å². The van der Waals surface area contributed by atoms with Gasteiger partial charge < -0.3 is 10.1 Å². The highest BCUT2D eigenvalue weighted by atomic mass is 32.2. The van der Waals surface area contributed by atoms with E-state index < -0.39 is 0 Å². The molecule has 2 aromatic carbocycles. The molecule has 1 N–H and O–H groups in total. The molecule has 1 amide bonds. The van der Waals surface area contributed by atoms with E-state index in [1.165, 1.54) is 10.5 Å². The van der Waals surface area contributed by atoms with Gasteiger partial charge in [-0.2, -0.15) is 0 Å². The number of amides is 1. The van der Waals surface area contributed by atoms with Crippen LogP contribution in [0.1, 0.15) is 31.0 Å². The van der Waals surface area contributed by atoms with Crippen molar-refractivity contribution in [3.63, 3.8) is 0 Å². The van der Waals surface area contributed by atoms with Crippen molar-refractivity contribution in [2.24, 2.45) is 0 Å². The molecule has 0 bridgehead atoms. The average Bonchev–Trinajstić information content (AvgIpc) is 3.00. The van der Waals surface area contributed by atoms with E-state index in [-0.39, 0.29) is 17.2 Å². The van der Waals surface area contributed by atoms with E-state index >= 15 is 0 Å². The minimum atomic E-state index is -0.0300. The monoisotopic (exact) mass is 327 g/mol. The Balaban J connectivity index is 1.60. The molecular formula is C19H21NO2S. The number of carbonyl (C=O) groups excluding carboxylic acids is 1. The number of carbonyl (C=O) groups is 1. The number of benzene rings is 2. The van der Waals surface area contributed by atoms with Gasteiger partial charge in [0, 0.05) is 4.90 Å². The normalized spacial score (nSPS) is 17.4. The molecule has 1 heterocycles. The lowest BCUT2D eigenvalue weighted by molar-refractivity contribution is -0.121. The quantitative estimate of drug-likeness (QED) is 0.903. The van der Waals surface area contributed by atoms with Crippen LogP contribution in [-0.4, -0.2) is 17.8 Å². The predicted octanol–water partition coefficient (Wildman–Crippen LogP) is 3.98. The highest BCUT2D eigenvalue weighted by Gasteiger charge is 2.28. The van der Waals surface area contributed by atoms with Crippen molar-refractivity contribution in [2.75, 3.05) is 6.61 Å². The predicted molar refractivity (Wildman–Crippen MR) is 94.0 cm³/mol. The van der Waals surface area contributed by atoms with Crippen molar-refractivity contribution in [2.45, 2.75) is 36.5 Å². The maximum Gasteiger partial charge on any atom is 0.234 e. The maximum atomic E-state index is 12.5. The Morgan fingerprint density at radius 3 is 2.70 bits per heavy atom. The first-order valence-electron chi connectivity index (χ1n) is 7.95. The van der Waals surface area contributed by atoms with Crippen LogP contribution in [0, 0.1) is 0 Å². The van der Waals surface area contributed by atoms with E-state index in [4.69, 9.17) is 4.74 Å². The van der Waals surface area contributed by atoms with Crippen LogP contribution in [0.25, 0.3) is 0 Å². The van der Waals surface area contributed by atoms with Crippen molar-refractivity contribution in [3.8, 4) is 5.75 Å². The fourth-order valence-electron chi connectivity index (χ4n) is 2.74.